The van der Waals surface area contributed by atoms with Crippen LogP contribution in [0.1, 0.15) is 6.42 Å². The largest absolute Gasteiger partial charge is 0.384 e. The van der Waals surface area contributed by atoms with Gasteiger partial charge in [-0.1, -0.05) is 0 Å². The molecule has 0 aromatic heterocycles. The van der Waals surface area contributed by atoms with Crippen molar-refractivity contribution >= 4 is 0 Å². The molecule has 0 saturated carbocycles. The van der Waals surface area contributed by atoms with Crippen molar-refractivity contribution in [2.45, 2.75) is 6.42 Å². The van der Waals surface area contributed by atoms with E-state index in [1.54, 1.807) is 7.11 Å². The zero-order valence-corrected chi connectivity index (χ0v) is 5.79. The van der Waals surface area contributed by atoms with Crippen molar-refractivity contribution in [3.05, 3.63) is 4.91 Å². The highest BCUT2D eigenvalue weighted by molar-refractivity contribution is 4.26. The molecule has 0 aliphatic carbocycles. The van der Waals surface area contributed by atoms with Crippen LogP contribution in [0.25, 0.3) is 0 Å². The van der Waals surface area contributed by atoms with Crippen molar-refractivity contribution in [2.24, 2.45) is 0 Å². The fraction of sp³-hybridized carbons (Fsp3) is 1.00. The Kier molecular flexibility index (Phi) is 5.11. The van der Waals surface area contributed by atoms with Crippen molar-refractivity contribution in [3.8, 4) is 0 Å². The Bertz CT molecular complexity index is 84.3. The molecule has 0 rings (SSSR count). The first-order valence-corrected chi connectivity index (χ1v) is 2.79. The molecule has 0 aliphatic rings. The average molecular weight is 134 g/mol. The molecule has 0 spiro atoms. The summed E-state index contributed by atoms with van der Waals surface area (Å²) in [5, 5.41) is 0. The van der Waals surface area contributed by atoms with E-state index in [0.29, 0.717) is 24.5 Å². The monoisotopic (exact) mass is 134 g/mol. The summed E-state index contributed by atoms with van der Waals surface area (Å²) in [6.07, 6.45) is 0.702. The summed E-state index contributed by atoms with van der Waals surface area (Å²) in [6.45, 7) is 0.965. The second-order valence-corrected chi connectivity index (χ2v) is 1.59. The van der Waals surface area contributed by atoms with Gasteiger partial charge in [-0.25, -0.2) is 4.84 Å². The Hall–Kier alpha value is -0.640. The highest BCUT2D eigenvalue weighted by Gasteiger charge is 2.04. The van der Waals surface area contributed by atoms with Crippen LogP contribution in [-0.2, 0) is 9.57 Å². The first kappa shape index (κ1) is 8.36. The van der Waals surface area contributed by atoms with Crippen molar-refractivity contribution in [2.75, 3.05) is 27.4 Å². The molecule has 0 heterocycles. The topological polar surface area (TPSA) is 38.5 Å². The third-order valence-electron chi connectivity index (χ3n) is 0.893. The minimum atomic E-state index is 0.365. The molecule has 9 heavy (non-hydrogen) atoms. The van der Waals surface area contributed by atoms with Crippen LogP contribution in [0.3, 0.4) is 0 Å². The Morgan fingerprint density at radius 3 is 2.56 bits per heavy atom. The molecule has 0 aromatic rings. The molecule has 0 N–H and O–H groups in total. The molecule has 0 fully saturated rings. The summed E-state index contributed by atoms with van der Waals surface area (Å²) >= 11 is 0. The number of methoxy groups -OCH3 is 1. The highest BCUT2D eigenvalue weighted by atomic mass is 16.8. The van der Waals surface area contributed by atoms with Crippen LogP contribution in [-0.4, -0.2) is 32.3 Å². The molecule has 0 saturated heterocycles. The molecular formula is C5H12NO3+. The minimum Gasteiger partial charge on any atom is -0.384 e. The number of rotatable bonds is 5. The van der Waals surface area contributed by atoms with E-state index in [9.17, 15) is 4.91 Å². The van der Waals surface area contributed by atoms with Crippen LogP contribution in [0.15, 0.2) is 0 Å². The van der Waals surface area contributed by atoms with Crippen LogP contribution in [0, 0.1) is 4.91 Å². The first-order valence-electron chi connectivity index (χ1n) is 2.79. The summed E-state index contributed by atoms with van der Waals surface area (Å²) in [6, 6.07) is 0. The number of ether oxygens (including phenoxy) is 1. The quantitative estimate of drug-likeness (QED) is 0.402. The van der Waals surface area contributed by atoms with Crippen LogP contribution < -0.4 is 0 Å². The standard InChI is InChI=1S/C5H12NO3/c1-8-5-3-4-6(7)9-2/h3-5H2,1-2H3/q+1. The molecule has 4 nitrogen and oxygen atoms in total. The molecule has 54 valence electrons. The van der Waals surface area contributed by atoms with Gasteiger partial charge in [-0.3, -0.25) is 0 Å². The van der Waals surface area contributed by atoms with Gasteiger partial charge in [0.2, 0.25) is 4.92 Å². The Balaban J connectivity index is 2.97. The van der Waals surface area contributed by atoms with Crippen molar-refractivity contribution in [1.29, 1.82) is 0 Å². The minimum absolute atomic E-state index is 0.365. The lowest BCUT2D eigenvalue weighted by molar-refractivity contribution is -0.796. The van der Waals surface area contributed by atoms with E-state index in [-0.39, 0.29) is 0 Å². The number of hydrogen-bond acceptors (Lipinski definition) is 3. The SMILES string of the molecule is COCCC[N+](=O)OC. The lowest BCUT2D eigenvalue weighted by Gasteiger charge is -1.89. The van der Waals surface area contributed by atoms with Gasteiger partial charge in [0.05, 0.1) is 11.5 Å². The molecular weight excluding hydrogens is 122 g/mol. The molecule has 0 atom stereocenters. The van der Waals surface area contributed by atoms with Gasteiger partial charge in [0.15, 0.2) is 7.11 Å². The maximum absolute atomic E-state index is 10.3. The van der Waals surface area contributed by atoms with E-state index in [4.69, 9.17) is 4.74 Å². The first-order chi connectivity index (χ1) is 4.31. The Morgan fingerprint density at radius 2 is 2.11 bits per heavy atom. The predicted octanol–water partition coefficient (Wildman–Crippen LogP) is 0.363. The van der Waals surface area contributed by atoms with E-state index in [0.717, 1.165) is 0 Å². The second-order valence-electron chi connectivity index (χ2n) is 1.59. The lowest BCUT2D eigenvalue weighted by Crippen LogP contribution is -2.09. The summed E-state index contributed by atoms with van der Waals surface area (Å²) in [4.78, 5) is 15.2. The van der Waals surface area contributed by atoms with Gasteiger partial charge in [0.1, 0.15) is 0 Å². The zero-order chi connectivity index (χ0) is 7.11. The van der Waals surface area contributed by atoms with Crippen LogP contribution in [0.2, 0.25) is 0 Å². The van der Waals surface area contributed by atoms with Gasteiger partial charge in [-0.2, -0.15) is 0 Å². The highest BCUT2D eigenvalue weighted by Crippen LogP contribution is 1.81. The number of hydrogen-bond donors (Lipinski definition) is 0. The molecule has 0 aliphatic heterocycles. The summed E-state index contributed by atoms with van der Waals surface area (Å²) < 4.78 is 4.72. The third kappa shape index (κ3) is 5.23. The molecule has 0 unspecified atom stereocenters. The lowest BCUT2D eigenvalue weighted by atomic mass is 10.5. The molecule has 0 bridgehead atoms. The maximum atomic E-state index is 10.3. The van der Waals surface area contributed by atoms with E-state index < -0.39 is 0 Å². The molecule has 0 amide bonds. The van der Waals surface area contributed by atoms with Crippen LogP contribution in [0.4, 0.5) is 0 Å². The molecule has 4 heteroatoms. The summed E-state index contributed by atoms with van der Waals surface area (Å²) in [7, 11) is 2.95. The fourth-order valence-electron chi connectivity index (χ4n) is 0.429. The molecule has 0 aromatic carbocycles. The van der Waals surface area contributed by atoms with E-state index >= 15 is 0 Å². The van der Waals surface area contributed by atoms with E-state index in [2.05, 4.69) is 4.84 Å². The van der Waals surface area contributed by atoms with Gasteiger partial charge in [0, 0.05) is 13.5 Å². The smallest absolute Gasteiger partial charge is 0.250 e. The zero-order valence-electron chi connectivity index (χ0n) is 5.79. The fourth-order valence-corrected chi connectivity index (χ4v) is 0.429. The number of nitrogens with zero attached hydrogens (tertiary/aromatic N) is 1. The Labute approximate surface area is 54.3 Å². The third-order valence-corrected chi connectivity index (χ3v) is 0.893. The summed E-state index contributed by atoms with van der Waals surface area (Å²) in [5.41, 5.74) is 0. The van der Waals surface area contributed by atoms with Crippen LogP contribution >= 0.6 is 0 Å². The van der Waals surface area contributed by atoms with E-state index in [1.807, 2.05) is 0 Å². The van der Waals surface area contributed by atoms with Crippen molar-refractivity contribution in [1.82, 2.24) is 0 Å². The van der Waals surface area contributed by atoms with Gasteiger partial charge in [-0.15, -0.1) is 0 Å². The van der Waals surface area contributed by atoms with Crippen LogP contribution in [0.5, 0.6) is 0 Å². The average Bonchev–Trinajstić information content (AvgIpc) is 1.89. The van der Waals surface area contributed by atoms with Gasteiger partial charge in [0.25, 0.3) is 6.54 Å². The molecule has 0 radical (unpaired) electrons. The Morgan fingerprint density at radius 1 is 1.44 bits per heavy atom. The second kappa shape index (κ2) is 5.50. The summed E-state index contributed by atoms with van der Waals surface area (Å²) in [5.74, 6) is 0. The maximum Gasteiger partial charge on any atom is 0.250 e. The van der Waals surface area contributed by atoms with Crippen molar-refractivity contribution < 1.29 is 14.5 Å². The normalized spacial score (nSPS) is 9.11. The van der Waals surface area contributed by atoms with Gasteiger partial charge in [-0.05, 0) is 0 Å². The van der Waals surface area contributed by atoms with E-state index in [1.165, 1.54) is 7.11 Å². The predicted molar refractivity (Wildman–Crippen MR) is 32.0 cm³/mol. The van der Waals surface area contributed by atoms with Gasteiger partial charge >= 0.3 is 0 Å². The van der Waals surface area contributed by atoms with Crippen molar-refractivity contribution in [3.63, 3.8) is 0 Å². The van der Waals surface area contributed by atoms with Gasteiger partial charge < -0.3 is 4.74 Å².